The Morgan fingerprint density at radius 1 is 1.00 bits per heavy atom. The number of anilines is 1. The molecular weight excluding hydrogens is 473 g/mol. The average molecular weight is 486 g/mol. The van der Waals surface area contributed by atoms with Gasteiger partial charge < -0.3 is 5.11 Å². The molecule has 1 aliphatic heterocycles. The molecule has 1 saturated heterocycles. The van der Waals surface area contributed by atoms with Crippen LogP contribution in [0.4, 0.5) is 17.1 Å². The maximum atomic E-state index is 12.9. The zero-order valence-electron chi connectivity index (χ0n) is 15.7. The minimum atomic E-state index is -0.292. The number of hydrogen-bond donors (Lipinski definition) is 1. The molecule has 0 unspecified atom stereocenters. The van der Waals surface area contributed by atoms with Crippen LogP contribution in [0.25, 0.3) is 6.08 Å². The van der Waals surface area contributed by atoms with E-state index < -0.39 is 0 Å². The van der Waals surface area contributed by atoms with Gasteiger partial charge in [-0.15, -0.1) is 5.11 Å². The van der Waals surface area contributed by atoms with Gasteiger partial charge >= 0.3 is 0 Å². The van der Waals surface area contributed by atoms with Gasteiger partial charge in [-0.3, -0.25) is 9.69 Å². The van der Waals surface area contributed by atoms with Crippen LogP contribution < -0.4 is 4.90 Å². The van der Waals surface area contributed by atoms with Crippen molar-refractivity contribution in [1.29, 1.82) is 0 Å². The molecule has 1 heterocycles. The van der Waals surface area contributed by atoms with Crippen molar-refractivity contribution in [2.24, 2.45) is 10.2 Å². The number of phenols is 1. The predicted octanol–water partition coefficient (Wildman–Crippen LogP) is 7.52. The smallest absolute Gasteiger partial charge is 0.270 e. The Kier molecular flexibility index (Phi) is 6.38. The van der Waals surface area contributed by atoms with E-state index in [0.717, 1.165) is 11.8 Å². The zero-order valence-corrected chi connectivity index (χ0v) is 18.8. The number of thiocarbonyl (C=S) groups is 1. The van der Waals surface area contributed by atoms with Gasteiger partial charge in [-0.25, -0.2) is 0 Å². The summed E-state index contributed by atoms with van der Waals surface area (Å²) in [7, 11) is 0. The highest BCUT2D eigenvalue weighted by molar-refractivity contribution is 8.27. The lowest BCUT2D eigenvalue weighted by molar-refractivity contribution is -0.113. The predicted molar refractivity (Wildman–Crippen MR) is 131 cm³/mol. The number of carbonyl (C=O) groups excluding carboxylic acids is 1. The van der Waals surface area contributed by atoms with Crippen molar-refractivity contribution in [2.75, 3.05) is 4.90 Å². The number of aromatic hydroxyl groups is 1. The molecule has 0 aromatic heterocycles. The van der Waals surface area contributed by atoms with Gasteiger partial charge in [-0.2, -0.15) is 5.11 Å². The molecule has 0 bridgehead atoms. The molecule has 0 saturated carbocycles. The largest absolute Gasteiger partial charge is 0.507 e. The molecule has 9 heteroatoms. The number of halogens is 2. The molecule has 5 nitrogen and oxygen atoms in total. The highest BCUT2D eigenvalue weighted by Crippen LogP contribution is 2.38. The monoisotopic (exact) mass is 485 g/mol. The van der Waals surface area contributed by atoms with E-state index in [0.29, 0.717) is 41.9 Å². The summed E-state index contributed by atoms with van der Waals surface area (Å²) in [5.74, 6) is -0.288. The van der Waals surface area contributed by atoms with E-state index in [-0.39, 0.29) is 11.7 Å². The van der Waals surface area contributed by atoms with E-state index in [1.807, 2.05) is 6.07 Å². The van der Waals surface area contributed by atoms with Crippen LogP contribution in [0.15, 0.2) is 81.9 Å². The zero-order chi connectivity index (χ0) is 22.0. The maximum absolute atomic E-state index is 12.9. The van der Waals surface area contributed by atoms with E-state index in [4.69, 9.17) is 35.4 Å². The maximum Gasteiger partial charge on any atom is 0.270 e. The number of azo groups is 1. The second-order valence-corrected chi connectivity index (χ2v) is 8.91. The van der Waals surface area contributed by atoms with E-state index in [9.17, 15) is 9.90 Å². The number of phenolic OH excluding ortho intramolecular Hbond substituents is 1. The standard InChI is InChI=1S/C22H13Cl2N3O2S2/c23-14-4-3-5-16(12-14)27-21(29)20(31-22(27)30)11-13-10-15(8-9-19(13)28)25-26-18-7-2-1-6-17(18)24/h1-12,28H/b20-11+,26-25?. The summed E-state index contributed by atoms with van der Waals surface area (Å²) >= 11 is 18.7. The third kappa shape index (κ3) is 4.80. The molecule has 1 fully saturated rings. The van der Waals surface area contributed by atoms with Crippen LogP contribution in [0, 0.1) is 0 Å². The van der Waals surface area contributed by atoms with E-state index in [1.54, 1.807) is 60.7 Å². The molecule has 4 rings (SSSR count). The molecule has 154 valence electrons. The van der Waals surface area contributed by atoms with E-state index in [2.05, 4.69) is 10.2 Å². The van der Waals surface area contributed by atoms with Crippen molar-refractivity contribution in [3.63, 3.8) is 0 Å². The van der Waals surface area contributed by atoms with Crippen LogP contribution in [0.1, 0.15) is 5.56 Å². The minimum absolute atomic E-state index is 0.00437. The highest BCUT2D eigenvalue weighted by atomic mass is 35.5. The Hall–Kier alpha value is -2.71. The average Bonchev–Trinajstić information content (AvgIpc) is 3.02. The van der Waals surface area contributed by atoms with Crippen molar-refractivity contribution in [1.82, 2.24) is 0 Å². The fourth-order valence-corrected chi connectivity index (χ4v) is 4.46. The Morgan fingerprint density at radius 3 is 2.58 bits per heavy atom. The summed E-state index contributed by atoms with van der Waals surface area (Å²) in [5.41, 5.74) is 2.03. The first-order valence-corrected chi connectivity index (χ1v) is 10.9. The lowest BCUT2D eigenvalue weighted by Gasteiger charge is -2.14. The first-order valence-electron chi connectivity index (χ1n) is 8.95. The highest BCUT2D eigenvalue weighted by Gasteiger charge is 2.33. The number of benzene rings is 3. The molecule has 0 aliphatic carbocycles. The topological polar surface area (TPSA) is 65.3 Å². The molecule has 1 N–H and O–H groups in total. The molecule has 31 heavy (non-hydrogen) atoms. The summed E-state index contributed by atoms with van der Waals surface area (Å²) in [5, 5.41) is 19.6. The first-order chi connectivity index (χ1) is 14.9. The minimum Gasteiger partial charge on any atom is -0.507 e. The van der Waals surface area contributed by atoms with Crippen molar-refractivity contribution in [2.45, 2.75) is 0 Å². The van der Waals surface area contributed by atoms with Gasteiger partial charge in [0, 0.05) is 10.6 Å². The summed E-state index contributed by atoms with van der Waals surface area (Å²) < 4.78 is 0.382. The van der Waals surface area contributed by atoms with Gasteiger partial charge in [0.1, 0.15) is 11.4 Å². The molecule has 0 spiro atoms. The summed E-state index contributed by atoms with van der Waals surface area (Å²) in [6.07, 6.45) is 1.58. The van der Waals surface area contributed by atoms with Gasteiger partial charge in [-0.05, 0) is 54.6 Å². The van der Waals surface area contributed by atoms with Crippen LogP contribution in [0.3, 0.4) is 0 Å². The Morgan fingerprint density at radius 2 is 1.81 bits per heavy atom. The quantitative estimate of drug-likeness (QED) is 0.235. The van der Waals surface area contributed by atoms with Gasteiger partial charge in [0.15, 0.2) is 4.32 Å². The molecule has 0 radical (unpaired) electrons. The number of hydrogen-bond acceptors (Lipinski definition) is 6. The number of amides is 1. The molecule has 3 aromatic carbocycles. The number of rotatable bonds is 4. The van der Waals surface area contributed by atoms with Crippen LogP contribution in [0.2, 0.25) is 10.0 Å². The van der Waals surface area contributed by atoms with Crippen LogP contribution in [-0.2, 0) is 4.79 Å². The summed E-state index contributed by atoms with van der Waals surface area (Å²) in [4.78, 5) is 14.7. The summed E-state index contributed by atoms with van der Waals surface area (Å²) in [6, 6.07) is 18.7. The summed E-state index contributed by atoms with van der Waals surface area (Å²) in [6.45, 7) is 0. The van der Waals surface area contributed by atoms with Crippen LogP contribution in [-0.4, -0.2) is 15.3 Å². The van der Waals surface area contributed by atoms with Gasteiger partial charge in [-0.1, -0.05) is 65.4 Å². The molecular formula is C22H13Cl2N3O2S2. The Balaban J connectivity index is 1.63. The van der Waals surface area contributed by atoms with Crippen molar-refractivity contribution in [3.05, 3.63) is 87.2 Å². The van der Waals surface area contributed by atoms with Crippen LogP contribution in [0.5, 0.6) is 5.75 Å². The van der Waals surface area contributed by atoms with Crippen molar-refractivity contribution >= 4 is 80.5 Å². The third-order valence-corrected chi connectivity index (χ3v) is 6.14. The van der Waals surface area contributed by atoms with Crippen LogP contribution >= 0.6 is 47.2 Å². The fourth-order valence-electron chi connectivity index (χ4n) is 2.81. The first kappa shape index (κ1) is 21.5. The fraction of sp³-hybridized carbons (Fsp3) is 0. The van der Waals surface area contributed by atoms with Gasteiger partial charge in [0.05, 0.1) is 21.3 Å². The van der Waals surface area contributed by atoms with Gasteiger partial charge in [0.25, 0.3) is 5.91 Å². The second kappa shape index (κ2) is 9.20. The van der Waals surface area contributed by atoms with E-state index in [1.165, 1.54) is 11.0 Å². The normalized spacial score (nSPS) is 15.4. The lowest BCUT2D eigenvalue weighted by atomic mass is 10.1. The van der Waals surface area contributed by atoms with Crippen molar-refractivity contribution in [3.8, 4) is 5.75 Å². The SMILES string of the molecule is O=C1/C(=C\c2cc(N=Nc3ccccc3Cl)ccc2O)SC(=S)N1c1cccc(Cl)c1. The second-order valence-electron chi connectivity index (χ2n) is 6.39. The number of thioether (sulfide) groups is 1. The molecule has 3 aromatic rings. The number of nitrogens with zero attached hydrogens (tertiary/aromatic N) is 3. The Labute approximate surface area is 198 Å². The lowest BCUT2D eigenvalue weighted by Crippen LogP contribution is -2.27. The molecule has 0 atom stereocenters. The third-order valence-electron chi connectivity index (χ3n) is 4.28. The molecule has 1 aliphatic rings. The number of carbonyl (C=O) groups is 1. The van der Waals surface area contributed by atoms with Gasteiger partial charge in [0.2, 0.25) is 0 Å². The van der Waals surface area contributed by atoms with Crippen molar-refractivity contribution < 1.29 is 9.90 Å². The van der Waals surface area contributed by atoms with E-state index >= 15 is 0 Å². The molecule has 1 amide bonds. The Bertz CT molecular complexity index is 1260.